The van der Waals surface area contributed by atoms with Crippen molar-refractivity contribution in [2.45, 2.75) is 43.1 Å². The standard InChI is InChI=1S/C32H33ClF5N5O6/c1-47-31(46)43(29(44)28(39)27(18-5-7-19(33)8-6-18)23-11-12-40-14-25(23)35)26-4-2-3-24(34)22(26)10-9-21-13-41-20(15-48-21)16-49-30(45)42-17-32(36,37)38/h2-8,11-12,14,20-21,27-28,41H,9-10,13,15-17,39H2,1H3,(H,42,45)/t20-,21+,27?,28-/m0/s1. The van der Waals surface area contributed by atoms with E-state index in [9.17, 15) is 27.6 Å². The van der Waals surface area contributed by atoms with Crippen molar-refractivity contribution < 1.29 is 50.5 Å². The first-order chi connectivity index (χ1) is 23.3. The number of nitrogens with two attached hydrogens (primary N) is 1. The number of hydrogen-bond acceptors (Lipinski definition) is 9. The van der Waals surface area contributed by atoms with Gasteiger partial charge in [0, 0.05) is 34.8 Å². The number of aromatic nitrogens is 1. The second-order valence-corrected chi connectivity index (χ2v) is 11.4. The minimum Gasteiger partial charge on any atom is -0.452 e. The molecular formula is C32H33ClF5N5O6. The lowest BCUT2D eigenvalue weighted by molar-refractivity contribution is -0.124. The molecule has 0 aliphatic carbocycles. The molecule has 2 aromatic carbocycles. The Morgan fingerprint density at radius 2 is 1.88 bits per heavy atom. The van der Waals surface area contributed by atoms with Crippen LogP contribution in [0.5, 0.6) is 0 Å². The third kappa shape index (κ3) is 10.1. The molecule has 0 spiro atoms. The highest BCUT2D eigenvalue weighted by molar-refractivity contribution is 6.30. The minimum atomic E-state index is -4.58. The van der Waals surface area contributed by atoms with Gasteiger partial charge in [-0.1, -0.05) is 29.8 Å². The first-order valence-electron chi connectivity index (χ1n) is 14.9. The molecule has 2 heterocycles. The number of nitrogens with zero attached hydrogens (tertiary/aromatic N) is 2. The number of hydrogen-bond donors (Lipinski definition) is 3. The summed E-state index contributed by atoms with van der Waals surface area (Å²) in [5.41, 5.74) is 6.77. The van der Waals surface area contributed by atoms with Gasteiger partial charge in [0.1, 0.15) is 24.8 Å². The largest absolute Gasteiger partial charge is 0.452 e. The number of carbonyl (C=O) groups excluding carboxylic acids is 3. The fourth-order valence-corrected chi connectivity index (χ4v) is 5.37. The Hall–Kier alpha value is -4.38. The van der Waals surface area contributed by atoms with E-state index in [1.807, 2.05) is 0 Å². The third-order valence-corrected chi connectivity index (χ3v) is 7.91. The summed E-state index contributed by atoms with van der Waals surface area (Å²) in [4.78, 5) is 43.1. The summed E-state index contributed by atoms with van der Waals surface area (Å²) in [6, 6.07) is 9.28. The van der Waals surface area contributed by atoms with Gasteiger partial charge in [0.2, 0.25) is 0 Å². The summed E-state index contributed by atoms with van der Waals surface area (Å²) in [7, 11) is 1.04. The van der Waals surface area contributed by atoms with Crippen LogP contribution in [0.25, 0.3) is 0 Å². The van der Waals surface area contributed by atoms with E-state index in [2.05, 4.69) is 10.3 Å². The Morgan fingerprint density at radius 3 is 2.51 bits per heavy atom. The van der Waals surface area contributed by atoms with Gasteiger partial charge in [0.15, 0.2) is 0 Å². The van der Waals surface area contributed by atoms with Crippen molar-refractivity contribution in [2.75, 3.05) is 38.3 Å². The maximum atomic E-state index is 15.4. The molecule has 1 aliphatic heterocycles. The quantitative estimate of drug-likeness (QED) is 0.238. The maximum Gasteiger partial charge on any atom is 0.420 e. The Bertz CT molecular complexity index is 1610. The molecule has 3 amide bonds. The Balaban J connectivity index is 1.50. The topological polar surface area (TPSA) is 145 Å². The van der Waals surface area contributed by atoms with Crippen molar-refractivity contribution in [1.29, 1.82) is 0 Å². The van der Waals surface area contributed by atoms with Crippen LogP contribution in [0.1, 0.15) is 29.0 Å². The SMILES string of the molecule is COC(=O)N(C(=O)[C@@H](N)C(c1ccc(Cl)cc1)c1ccncc1F)c1cccc(F)c1CC[C@@H]1CN[C@H](COC(=O)NCC(F)(F)F)CO1. The molecule has 49 heavy (non-hydrogen) atoms. The lowest BCUT2D eigenvalue weighted by Gasteiger charge is -2.31. The number of alkyl halides is 3. The van der Waals surface area contributed by atoms with Crippen molar-refractivity contribution in [2.24, 2.45) is 5.73 Å². The summed E-state index contributed by atoms with van der Waals surface area (Å²) in [5.74, 6) is -3.61. The fourth-order valence-electron chi connectivity index (χ4n) is 5.25. The van der Waals surface area contributed by atoms with Crippen molar-refractivity contribution >= 4 is 35.4 Å². The number of carbonyl (C=O) groups is 3. The summed E-state index contributed by atoms with van der Waals surface area (Å²) < 4.78 is 82.7. The molecule has 1 aromatic heterocycles. The molecule has 4 atom stereocenters. The summed E-state index contributed by atoms with van der Waals surface area (Å²) in [6.45, 7) is -1.55. The van der Waals surface area contributed by atoms with Gasteiger partial charge in [-0.05, 0) is 48.7 Å². The molecule has 17 heteroatoms. The predicted molar refractivity (Wildman–Crippen MR) is 167 cm³/mol. The third-order valence-electron chi connectivity index (χ3n) is 7.66. The number of imide groups is 1. The van der Waals surface area contributed by atoms with Crippen molar-refractivity contribution in [3.05, 3.63) is 94.3 Å². The molecular weight excluding hydrogens is 681 g/mol. The first-order valence-corrected chi connectivity index (χ1v) is 15.3. The molecule has 1 saturated heterocycles. The van der Waals surface area contributed by atoms with Crippen molar-refractivity contribution in [3.63, 3.8) is 0 Å². The van der Waals surface area contributed by atoms with Gasteiger partial charge in [-0.3, -0.25) is 9.78 Å². The molecule has 1 fully saturated rings. The zero-order valence-electron chi connectivity index (χ0n) is 26.0. The predicted octanol–water partition coefficient (Wildman–Crippen LogP) is 4.85. The average molecular weight is 714 g/mol. The van der Waals surface area contributed by atoms with E-state index < -0.39 is 66.6 Å². The van der Waals surface area contributed by atoms with Crippen LogP contribution in [0.15, 0.2) is 60.9 Å². The van der Waals surface area contributed by atoms with E-state index in [1.54, 1.807) is 17.4 Å². The molecule has 3 aromatic rings. The van der Waals surface area contributed by atoms with Crippen molar-refractivity contribution in [3.8, 4) is 0 Å². The van der Waals surface area contributed by atoms with Gasteiger partial charge in [0.05, 0.1) is 43.8 Å². The van der Waals surface area contributed by atoms with E-state index in [4.69, 9.17) is 31.5 Å². The average Bonchev–Trinajstić information content (AvgIpc) is 3.08. The molecule has 0 radical (unpaired) electrons. The number of alkyl carbamates (subject to hydrolysis) is 1. The Labute approximate surface area is 282 Å². The van der Waals surface area contributed by atoms with Crippen LogP contribution in [0.3, 0.4) is 0 Å². The van der Waals surface area contributed by atoms with E-state index in [0.29, 0.717) is 15.5 Å². The number of halogens is 6. The lowest BCUT2D eigenvalue weighted by Crippen LogP contribution is -2.50. The molecule has 1 aliphatic rings. The molecule has 0 saturated carbocycles. The normalized spacial score (nSPS) is 17.5. The van der Waals surface area contributed by atoms with E-state index >= 15 is 8.78 Å². The molecule has 0 bridgehead atoms. The minimum absolute atomic E-state index is 0.0228. The fraction of sp³-hybridized carbons (Fsp3) is 0.375. The molecule has 1 unspecified atom stereocenters. The van der Waals surface area contributed by atoms with Gasteiger partial charge in [-0.25, -0.2) is 23.3 Å². The lowest BCUT2D eigenvalue weighted by atomic mass is 9.84. The molecule has 4 rings (SSSR count). The number of amides is 3. The first kappa shape index (κ1) is 37.4. The smallest absolute Gasteiger partial charge is 0.420 e. The van der Waals surface area contributed by atoms with Gasteiger partial charge >= 0.3 is 18.4 Å². The molecule has 4 N–H and O–H groups in total. The monoisotopic (exact) mass is 713 g/mol. The van der Waals surface area contributed by atoms with Gasteiger partial charge < -0.3 is 30.6 Å². The van der Waals surface area contributed by atoms with Crippen LogP contribution in [0, 0.1) is 11.6 Å². The zero-order valence-corrected chi connectivity index (χ0v) is 26.8. The van der Waals surface area contributed by atoms with Crippen LogP contribution < -0.4 is 21.3 Å². The number of morpholine rings is 1. The number of anilines is 1. The van der Waals surface area contributed by atoms with Crippen LogP contribution in [-0.4, -0.2) is 80.9 Å². The van der Waals surface area contributed by atoms with Gasteiger partial charge in [-0.2, -0.15) is 13.2 Å². The summed E-state index contributed by atoms with van der Waals surface area (Å²) in [5, 5.41) is 5.03. The Kier molecular flexibility index (Phi) is 12.9. The highest BCUT2D eigenvalue weighted by atomic mass is 35.5. The van der Waals surface area contributed by atoms with Crippen LogP contribution in [-0.2, 0) is 25.4 Å². The second kappa shape index (κ2) is 16.8. The number of benzene rings is 2. The van der Waals surface area contributed by atoms with Crippen LogP contribution in [0.2, 0.25) is 5.02 Å². The van der Waals surface area contributed by atoms with Crippen LogP contribution in [0.4, 0.5) is 37.2 Å². The van der Waals surface area contributed by atoms with E-state index in [-0.39, 0.29) is 49.4 Å². The van der Waals surface area contributed by atoms with Crippen LogP contribution >= 0.6 is 11.6 Å². The number of ether oxygens (including phenoxy) is 3. The molecule has 264 valence electrons. The van der Waals surface area contributed by atoms with E-state index in [1.165, 1.54) is 36.5 Å². The number of nitrogens with one attached hydrogen (secondary N) is 2. The van der Waals surface area contributed by atoms with Gasteiger partial charge in [0.25, 0.3) is 5.91 Å². The second-order valence-electron chi connectivity index (χ2n) is 11.0. The number of pyridine rings is 1. The Morgan fingerprint density at radius 1 is 1.14 bits per heavy atom. The van der Waals surface area contributed by atoms with Crippen molar-refractivity contribution in [1.82, 2.24) is 15.6 Å². The highest BCUT2D eigenvalue weighted by Gasteiger charge is 2.38. The zero-order chi connectivity index (χ0) is 35.7. The van der Waals surface area contributed by atoms with Gasteiger partial charge in [-0.15, -0.1) is 0 Å². The molecule has 11 nitrogen and oxygen atoms in total. The number of rotatable bonds is 11. The highest BCUT2D eigenvalue weighted by Crippen LogP contribution is 2.33. The number of methoxy groups -OCH3 is 1. The van der Waals surface area contributed by atoms with E-state index in [0.717, 1.165) is 19.4 Å². The maximum absolute atomic E-state index is 15.4. The summed E-state index contributed by atoms with van der Waals surface area (Å²) >= 11 is 6.05. The summed E-state index contributed by atoms with van der Waals surface area (Å²) in [6.07, 6.45) is -4.99.